The zero-order chi connectivity index (χ0) is 20.6. The third kappa shape index (κ3) is 4.05. The van der Waals surface area contributed by atoms with Crippen molar-refractivity contribution in [3.63, 3.8) is 0 Å². The smallest absolute Gasteiger partial charge is 0.293 e. The summed E-state index contributed by atoms with van der Waals surface area (Å²) in [6, 6.07) is 7.74. The van der Waals surface area contributed by atoms with Crippen LogP contribution in [0.15, 0.2) is 24.3 Å². The number of hydrogen-bond donors (Lipinski definition) is 2. The Hall–Kier alpha value is -1.55. The largest absolute Gasteiger partial charge is 0.496 e. The first-order valence-corrected chi connectivity index (χ1v) is 10.6. The van der Waals surface area contributed by atoms with E-state index in [2.05, 4.69) is 10.2 Å². The van der Waals surface area contributed by atoms with Crippen molar-refractivity contribution < 1.29 is 24.5 Å². The molecule has 3 heterocycles. The first-order chi connectivity index (χ1) is 13.9. The number of nitrogens with one attached hydrogen (secondary N) is 1. The molecule has 3 aliphatic heterocycles. The molecule has 0 aromatic heterocycles. The van der Waals surface area contributed by atoms with Crippen LogP contribution in [0.1, 0.15) is 18.4 Å². The van der Waals surface area contributed by atoms with Gasteiger partial charge in [0, 0.05) is 49.6 Å². The number of hydroxylamine groups is 3. The van der Waals surface area contributed by atoms with Crippen LogP contribution in [0.5, 0.6) is 0 Å². The number of nitrogens with zero attached hydrogens (tertiary/aromatic N) is 3. The molecule has 9 heteroatoms. The number of quaternary nitrogens is 1. The van der Waals surface area contributed by atoms with Crippen molar-refractivity contribution in [3.05, 3.63) is 34.9 Å². The molecule has 0 spiro atoms. The molecule has 1 aromatic carbocycles. The molecular weight excluding hydrogens is 396 g/mol. The Labute approximate surface area is 175 Å². The maximum Gasteiger partial charge on any atom is 0.293 e. The number of benzene rings is 1. The lowest BCUT2D eigenvalue weighted by Crippen LogP contribution is -2.72. The van der Waals surface area contributed by atoms with Gasteiger partial charge < -0.3 is 15.2 Å². The summed E-state index contributed by atoms with van der Waals surface area (Å²) in [5.41, 5.74) is 1.08. The summed E-state index contributed by atoms with van der Waals surface area (Å²) in [4.78, 5) is 29.2. The Morgan fingerprint density at radius 1 is 1.31 bits per heavy atom. The molecule has 3 aliphatic rings. The molecule has 158 valence electrons. The zero-order valence-electron chi connectivity index (χ0n) is 16.3. The van der Waals surface area contributed by atoms with Crippen molar-refractivity contribution in [2.24, 2.45) is 5.92 Å². The standard InChI is InChI=1S/C20H27ClN4O4/c21-16-5-2-14(3-6-16)1-4-15-7-10-25(29,20(27)28)19(18(15)26)24-12-17-11-22-8-9-23(17)13-24/h2-3,5-6,15,17,19,22,29H,1,4,7-13H2/t15?,17?,19?,25-/m0/s1. The predicted molar refractivity (Wildman–Crippen MR) is 104 cm³/mol. The maximum atomic E-state index is 13.3. The molecule has 29 heavy (non-hydrogen) atoms. The molecule has 1 aromatic rings. The van der Waals surface area contributed by atoms with Crippen molar-refractivity contribution >= 4 is 23.5 Å². The third-order valence-electron chi connectivity index (χ3n) is 6.52. The van der Waals surface area contributed by atoms with E-state index in [1.54, 1.807) is 0 Å². The Morgan fingerprint density at radius 2 is 2.07 bits per heavy atom. The van der Waals surface area contributed by atoms with Crippen molar-refractivity contribution in [1.82, 2.24) is 15.1 Å². The molecule has 3 saturated heterocycles. The fraction of sp³-hybridized carbons (Fsp3) is 0.600. The van der Waals surface area contributed by atoms with Gasteiger partial charge in [0.25, 0.3) is 6.09 Å². The second-order valence-electron chi connectivity index (χ2n) is 8.33. The van der Waals surface area contributed by atoms with E-state index in [1.807, 2.05) is 29.2 Å². The first-order valence-electron chi connectivity index (χ1n) is 10.2. The lowest BCUT2D eigenvalue weighted by molar-refractivity contribution is -1.07. The van der Waals surface area contributed by atoms with Crippen molar-refractivity contribution in [2.75, 3.05) is 39.4 Å². The van der Waals surface area contributed by atoms with Crippen LogP contribution in [0.3, 0.4) is 0 Å². The summed E-state index contributed by atoms with van der Waals surface area (Å²) in [6.07, 6.45) is -1.07. The Morgan fingerprint density at radius 3 is 2.76 bits per heavy atom. The fourth-order valence-corrected chi connectivity index (χ4v) is 4.99. The van der Waals surface area contributed by atoms with Crippen molar-refractivity contribution in [2.45, 2.75) is 31.5 Å². The van der Waals surface area contributed by atoms with Crippen LogP contribution >= 0.6 is 11.6 Å². The van der Waals surface area contributed by atoms with Gasteiger partial charge in [-0.1, -0.05) is 23.7 Å². The van der Waals surface area contributed by atoms with E-state index in [9.17, 15) is 19.9 Å². The summed E-state index contributed by atoms with van der Waals surface area (Å²) in [6.45, 7) is 3.53. The summed E-state index contributed by atoms with van der Waals surface area (Å²) in [5, 5.41) is 26.7. The first kappa shape index (κ1) is 20.7. The number of carboxylic acid groups (broad SMARTS) is 1. The van der Waals surface area contributed by atoms with Gasteiger partial charge in [-0.15, -0.1) is 4.65 Å². The van der Waals surface area contributed by atoms with Crippen LogP contribution < -0.4 is 10.4 Å². The highest BCUT2D eigenvalue weighted by molar-refractivity contribution is 6.30. The number of carbonyl (C=O) groups is 2. The highest BCUT2D eigenvalue weighted by Crippen LogP contribution is 2.32. The van der Waals surface area contributed by atoms with Gasteiger partial charge in [-0.2, -0.15) is 0 Å². The molecule has 4 atom stereocenters. The number of amides is 1. The number of piperazine rings is 1. The highest BCUT2D eigenvalue weighted by Gasteiger charge is 2.55. The molecule has 8 nitrogen and oxygen atoms in total. The number of carbonyl (C=O) groups excluding carboxylic acids is 2. The van der Waals surface area contributed by atoms with Gasteiger partial charge >= 0.3 is 0 Å². The number of likely N-dealkylation sites (tertiary alicyclic amines) is 1. The highest BCUT2D eigenvalue weighted by atomic mass is 35.5. The van der Waals surface area contributed by atoms with Crippen LogP contribution in [0.4, 0.5) is 4.79 Å². The molecule has 0 saturated carbocycles. The van der Waals surface area contributed by atoms with Crippen LogP contribution in [0.2, 0.25) is 5.02 Å². The second-order valence-corrected chi connectivity index (χ2v) is 8.76. The van der Waals surface area contributed by atoms with Gasteiger partial charge in [0.2, 0.25) is 11.9 Å². The number of piperidine rings is 1. The Kier molecular flexibility index (Phi) is 5.92. The van der Waals surface area contributed by atoms with Gasteiger partial charge in [-0.3, -0.25) is 9.69 Å². The number of aryl methyl sites for hydroxylation is 1. The van der Waals surface area contributed by atoms with E-state index in [1.165, 1.54) is 0 Å². The zero-order valence-corrected chi connectivity index (χ0v) is 17.1. The monoisotopic (exact) mass is 422 g/mol. The van der Waals surface area contributed by atoms with Crippen LogP contribution in [-0.2, 0) is 11.2 Å². The Balaban J connectivity index is 1.50. The van der Waals surface area contributed by atoms with Crippen LogP contribution in [0, 0.1) is 5.92 Å². The number of fused-ring (bicyclic) bond motifs is 1. The molecular formula is C20H27ClN4O4. The van der Waals surface area contributed by atoms with Crippen LogP contribution in [-0.4, -0.2) is 83.1 Å². The van der Waals surface area contributed by atoms with E-state index >= 15 is 0 Å². The SMILES string of the molecule is O=C1C(CCc2ccc(Cl)cc2)CC[N@@+](O)(C(=O)[O-])C1N1CC2CNCCN2C1. The van der Waals surface area contributed by atoms with E-state index in [-0.39, 0.29) is 24.3 Å². The minimum Gasteiger partial charge on any atom is -0.496 e. The molecule has 4 rings (SSSR count). The summed E-state index contributed by atoms with van der Waals surface area (Å²) in [5.74, 6) is -0.492. The summed E-state index contributed by atoms with van der Waals surface area (Å²) in [7, 11) is 0. The molecule has 3 fully saturated rings. The minimum atomic E-state index is -1.61. The van der Waals surface area contributed by atoms with Crippen molar-refractivity contribution in [1.29, 1.82) is 0 Å². The fourth-order valence-electron chi connectivity index (χ4n) is 4.87. The Bertz CT molecular complexity index is 762. The normalized spacial score (nSPS) is 33.6. The van der Waals surface area contributed by atoms with Crippen molar-refractivity contribution in [3.8, 4) is 0 Å². The number of halogens is 1. The maximum absolute atomic E-state index is 13.3. The number of ketones is 1. The van der Waals surface area contributed by atoms with E-state index in [0.717, 1.165) is 25.2 Å². The molecule has 1 amide bonds. The average Bonchev–Trinajstić information content (AvgIpc) is 3.12. The van der Waals surface area contributed by atoms with Crippen LogP contribution in [0.25, 0.3) is 0 Å². The number of hydrogen-bond acceptors (Lipinski definition) is 7. The molecule has 0 aliphatic carbocycles. The van der Waals surface area contributed by atoms with Gasteiger partial charge in [-0.25, -0.2) is 10.1 Å². The lowest BCUT2D eigenvalue weighted by atomic mass is 9.87. The molecule has 0 bridgehead atoms. The summed E-state index contributed by atoms with van der Waals surface area (Å²) < 4.78 is -1.34. The van der Waals surface area contributed by atoms with Gasteiger partial charge in [0.1, 0.15) is 6.54 Å². The lowest BCUT2D eigenvalue weighted by Gasteiger charge is -2.44. The quantitative estimate of drug-likeness (QED) is 0.531. The topological polar surface area (TPSA) is 95.9 Å². The van der Waals surface area contributed by atoms with Gasteiger partial charge in [0.05, 0.1) is 6.67 Å². The van der Waals surface area contributed by atoms with Gasteiger partial charge in [-0.05, 0) is 30.5 Å². The molecule has 0 radical (unpaired) electrons. The third-order valence-corrected chi connectivity index (χ3v) is 6.77. The van der Waals surface area contributed by atoms with E-state index in [4.69, 9.17) is 11.6 Å². The average molecular weight is 423 g/mol. The molecule has 3 unspecified atom stereocenters. The van der Waals surface area contributed by atoms with E-state index in [0.29, 0.717) is 37.5 Å². The van der Waals surface area contributed by atoms with Gasteiger partial charge in [0.15, 0.2) is 0 Å². The van der Waals surface area contributed by atoms with E-state index < -0.39 is 16.9 Å². The predicted octanol–water partition coefficient (Wildman–Crippen LogP) is 0.284. The minimum absolute atomic E-state index is 0.0244. The number of Topliss-reactive ketones (excluding diaryl/α,β-unsaturated/α-hetero) is 1. The number of rotatable bonds is 4. The summed E-state index contributed by atoms with van der Waals surface area (Å²) >= 11 is 5.93. The molecule has 2 N–H and O–H groups in total. The second kappa shape index (κ2) is 8.29.